The van der Waals surface area contributed by atoms with Gasteiger partial charge in [0.1, 0.15) is 0 Å². The van der Waals surface area contributed by atoms with Crippen LogP contribution in [0.2, 0.25) is 0 Å². The summed E-state index contributed by atoms with van der Waals surface area (Å²) in [5.41, 5.74) is 1.84. The summed E-state index contributed by atoms with van der Waals surface area (Å²) in [5.74, 6) is 0.988. The molecule has 9 heteroatoms. The lowest BCUT2D eigenvalue weighted by molar-refractivity contribution is -0.130. The monoisotopic (exact) mass is 528 g/mol. The van der Waals surface area contributed by atoms with Crippen molar-refractivity contribution in [3.05, 3.63) is 29.8 Å². The highest BCUT2D eigenvalue weighted by molar-refractivity contribution is 14.0. The molecule has 166 valence electrons. The third-order valence-corrected chi connectivity index (χ3v) is 5.34. The van der Waals surface area contributed by atoms with Gasteiger partial charge in [0.05, 0.1) is 6.54 Å². The molecule has 0 radical (unpaired) electrons. The first-order valence-electron chi connectivity index (χ1n) is 10.5. The van der Waals surface area contributed by atoms with Crippen LogP contribution in [0.1, 0.15) is 32.3 Å². The molecule has 0 saturated carbocycles. The predicted molar refractivity (Wildman–Crippen MR) is 130 cm³/mol. The summed E-state index contributed by atoms with van der Waals surface area (Å²) in [5, 5.41) is 6.34. The number of aliphatic imine (C=N–C) groups is 1. The van der Waals surface area contributed by atoms with Crippen LogP contribution in [0, 0.1) is 0 Å². The van der Waals surface area contributed by atoms with E-state index in [2.05, 4.69) is 22.5 Å². The Morgan fingerprint density at radius 2 is 1.67 bits per heavy atom. The SMILES string of the molecule is CCNC(=NCc1cccc(NC(=O)N2CCCC2)c1)N1CCN(C(C)=O)CC1.I. The topological polar surface area (TPSA) is 80.3 Å². The molecular weight excluding hydrogens is 495 g/mol. The molecule has 0 unspecified atom stereocenters. The van der Waals surface area contributed by atoms with E-state index in [1.165, 1.54) is 0 Å². The van der Waals surface area contributed by atoms with Gasteiger partial charge in [-0.3, -0.25) is 4.79 Å². The second kappa shape index (κ2) is 12.0. The molecule has 1 aromatic rings. The Kier molecular flexibility index (Phi) is 9.67. The van der Waals surface area contributed by atoms with Crippen molar-refractivity contribution in [1.82, 2.24) is 20.0 Å². The van der Waals surface area contributed by atoms with Crippen molar-refractivity contribution >= 4 is 47.6 Å². The normalized spacial score (nSPS) is 16.9. The third-order valence-electron chi connectivity index (χ3n) is 5.34. The lowest BCUT2D eigenvalue weighted by Crippen LogP contribution is -2.53. The van der Waals surface area contributed by atoms with Crippen molar-refractivity contribution in [3.63, 3.8) is 0 Å². The third kappa shape index (κ3) is 6.75. The van der Waals surface area contributed by atoms with Gasteiger partial charge >= 0.3 is 6.03 Å². The number of piperazine rings is 1. The first kappa shape index (κ1) is 24.2. The van der Waals surface area contributed by atoms with Crippen molar-refractivity contribution in [2.24, 2.45) is 4.99 Å². The molecule has 1 aromatic carbocycles. The van der Waals surface area contributed by atoms with E-state index in [4.69, 9.17) is 4.99 Å². The van der Waals surface area contributed by atoms with Gasteiger partial charge in [-0.25, -0.2) is 9.79 Å². The Balaban J connectivity index is 0.00000320. The van der Waals surface area contributed by atoms with Crippen LogP contribution in [0.3, 0.4) is 0 Å². The minimum Gasteiger partial charge on any atom is -0.357 e. The summed E-state index contributed by atoms with van der Waals surface area (Å²) in [7, 11) is 0. The molecule has 2 aliphatic heterocycles. The molecule has 0 atom stereocenters. The molecule has 30 heavy (non-hydrogen) atoms. The average molecular weight is 528 g/mol. The number of nitrogens with zero attached hydrogens (tertiary/aromatic N) is 4. The number of benzene rings is 1. The van der Waals surface area contributed by atoms with Gasteiger partial charge in [0.25, 0.3) is 0 Å². The summed E-state index contributed by atoms with van der Waals surface area (Å²) in [4.78, 5) is 34.5. The van der Waals surface area contributed by atoms with E-state index < -0.39 is 0 Å². The largest absolute Gasteiger partial charge is 0.357 e. The number of carbonyl (C=O) groups is 2. The maximum atomic E-state index is 12.3. The fourth-order valence-corrected chi connectivity index (χ4v) is 3.70. The zero-order chi connectivity index (χ0) is 20.6. The van der Waals surface area contributed by atoms with Crippen LogP contribution < -0.4 is 10.6 Å². The first-order valence-corrected chi connectivity index (χ1v) is 10.5. The number of hydrogen-bond acceptors (Lipinski definition) is 3. The number of amides is 3. The lowest BCUT2D eigenvalue weighted by Gasteiger charge is -2.36. The highest BCUT2D eigenvalue weighted by atomic mass is 127. The summed E-state index contributed by atoms with van der Waals surface area (Å²) in [6, 6.07) is 7.83. The van der Waals surface area contributed by atoms with Crippen LogP contribution in [-0.2, 0) is 11.3 Å². The van der Waals surface area contributed by atoms with E-state index in [-0.39, 0.29) is 35.9 Å². The molecule has 3 rings (SSSR count). The van der Waals surface area contributed by atoms with Gasteiger partial charge in [0.15, 0.2) is 5.96 Å². The quantitative estimate of drug-likeness (QED) is 0.358. The summed E-state index contributed by atoms with van der Waals surface area (Å²) in [6.07, 6.45) is 2.16. The van der Waals surface area contributed by atoms with E-state index in [9.17, 15) is 9.59 Å². The van der Waals surface area contributed by atoms with Crippen molar-refractivity contribution < 1.29 is 9.59 Å². The second-order valence-corrected chi connectivity index (χ2v) is 7.49. The van der Waals surface area contributed by atoms with E-state index in [0.29, 0.717) is 6.54 Å². The number of urea groups is 1. The van der Waals surface area contributed by atoms with Gasteiger partial charge in [-0.1, -0.05) is 12.1 Å². The highest BCUT2D eigenvalue weighted by Crippen LogP contribution is 2.15. The number of hydrogen-bond donors (Lipinski definition) is 2. The van der Waals surface area contributed by atoms with Crippen LogP contribution in [0.25, 0.3) is 0 Å². The van der Waals surface area contributed by atoms with Crippen LogP contribution >= 0.6 is 24.0 Å². The van der Waals surface area contributed by atoms with Crippen LogP contribution in [0.4, 0.5) is 10.5 Å². The summed E-state index contributed by atoms with van der Waals surface area (Å²) in [6.45, 7) is 9.64. The average Bonchev–Trinajstić information content (AvgIpc) is 3.26. The summed E-state index contributed by atoms with van der Waals surface area (Å²) < 4.78 is 0. The molecular formula is C21H33IN6O2. The minimum absolute atomic E-state index is 0. The smallest absolute Gasteiger partial charge is 0.321 e. The van der Waals surface area contributed by atoms with Crippen LogP contribution in [0.15, 0.2) is 29.3 Å². The number of carbonyl (C=O) groups excluding carboxylic acids is 2. The molecule has 0 bridgehead atoms. The molecule has 3 amide bonds. The van der Waals surface area contributed by atoms with Gasteiger partial charge < -0.3 is 25.3 Å². The van der Waals surface area contributed by atoms with Gasteiger partial charge in [0, 0.05) is 58.4 Å². The molecule has 2 heterocycles. The molecule has 2 fully saturated rings. The molecule has 0 aromatic heterocycles. The maximum absolute atomic E-state index is 12.3. The number of nitrogens with one attached hydrogen (secondary N) is 2. The van der Waals surface area contributed by atoms with Gasteiger partial charge in [0.2, 0.25) is 5.91 Å². The first-order chi connectivity index (χ1) is 14.1. The molecule has 2 aliphatic rings. The standard InChI is InChI=1S/C21H32N6O2.HI/c1-3-22-20(26-13-11-25(12-14-26)17(2)28)23-16-18-7-6-8-19(15-18)24-21(29)27-9-4-5-10-27;/h6-8,15H,3-5,9-14,16H2,1-2H3,(H,22,23)(H,24,29);1H. The van der Waals surface area contributed by atoms with Crippen molar-refractivity contribution in [2.45, 2.75) is 33.2 Å². The Bertz CT molecular complexity index is 743. The van der Waals surface area contributed by atoms with E-state index >= 15 is 0 Å². The van der Waals surface area contributed by atoms with Gasteiger partial charge in [-0.2, -0.15) is 0 Å². The number of likely N-dealkylation sites (tertiary alicyclic amines) is 1. The van der Waals surface area contributed by atoms with E-state index in [1.54, 1.807) is 6.92 Å². The fourth-order valence-electron chi connectivity index (χ4n) is 3.70. The minimum atomic E-state index is -0.0279. The Morgan fingerprint density at radius 1 is 1.00 bits per heavy atom. The van der Waals surface area contributed by atoms with Crippen LogP contribution in [-0.4, -0.2) is 78.4 Å². The van der Waals surface area contributed by atoms with E-state index in [0.717, 1.165) is 75.9 Å². The number of guanidine groups is 1. The van der Waals surface area contributed by atoms with Crippen molar-refractivity contribution in [2.75, 3.05) is 51.1 Å². The molecule has 0 aliphatic carbocycles. The molecule has 2 saturated heterocycles. The van der Waals surface area contributed by atoms with Gasteiger partial charge in [-0.15, -0.1) is 24.0 Å². The second-order valence-electron chi connectivity index (χ2n) is 7.49. The zero-order valence-corrected chi connectivity index (χ0v) is 20.2. The Labute approximate surface area is 196 Å². The molecule has 0 spiro atoms. The Hall–Kier alpha value is -2.04. The van der Waals surface area contributed by atoms with E-state index in [1.807, 2.05) is 34.1 Å². The maximum Gasteiger partial charge on any atom is 0.321 e. The molecule has 2 N–H and O–H groups in total. The zero-order valence-electron chi connectivity index (χ0n) is 17.9. The van der Waals surface area contributed by atoms with Crippen molar-refractivity contribution in [1.29, 1.82) is 0 Å². The Morgan fingerprint density at radius 3 is 2.30 bits per heavy atom. The number of anilines is 1. The summed E-state index contributed by atoms with van der Waals surface area (Å²) >= 11 is 0. The fraction of sp³-hybridized carbons (Fsp3) is 0.571. The highest BCUT2D eigenvalue weighted by Gasteiger charge is 2.21. The molecule has 8 nitrogen and oxygen atoms in total. The van der Waals surface area contributed by atoms with Crippen molar-refractivity contribution in [3.8, 4) is 0 Å². The van der Waals surface area contributed by atoms with Crippen LogP contribution in [0.5, 0.6) is 0 Å². The van der Waals surface area contributed by atoms with Gasteiger partial charge in [-0.05, 0) is 37.5 Å². The lowest BCUT2D eigenvalue weighted by atomic mass is 10.2. The number of halogens is 1. The number of rotatable bonds is 4. The predicted octanol–water partition coefficient (Wildman–Crippen LogP) is 2.56.